The molecule has 3 rings (SSSR count). The number of imidazole rings is 1. The molecule has 106 valence electrons. The Morgan fingerprint density at radius 3 is 2.48 bits per heavy atom. The number of aromatic amines is 1. The molecule has 21 heavy (non-hydrogen) atoms. The average molecular weight is 280 g/mol. The van der Waals surface area contributed by atoms with Crippen LogP contribution in [0.25, 0.3) is 22.2 Å². The number of nitrogens with zero attached hydrogens (tertiary/aromatic N) is 1. The number of aromatic nitrogens is 2. The van der Waals surface area contributed by atoms with E-state index >= 15 is 0 Å². The van der Waals surface area contributed by atoms with Gasteiger partial charge in [0.05, 0.1) is 17.0 Å². The molecule has 0 bridgehead atoms. The fraction of sp³-hybridized carbons (Fsp3) is 0.176. The lowest BCUT2D eigenvalue weighted by atomic mass is 9.97. The van der Waals surface area contributed by atoms with Gasteiger partial charge >= 0.3 is 5.97 Å². The number of H-pyrrole nitrogens is 1. The average Bonchev–Trinajstić information content (AvgIpc) is 2.85. The molecule has 1 atom stereocenters. The third-order valence-corrected chi connectivity index (χ3v) is 3.71. The van der Waals surface area contributed by atoms with Gasteiger partial charge < -0.3 is 10.1 Å². The Morgan fingerprint density at radius 1 is 1.14 bits per heavy atom. The fourth-order valence-electron chi connectivity index (χ4n) is 2.42. The van der Waals surface area contributed by atoms with Crippen LogP contribution in [-0.4, -0.2) is 21.0 Å². The predicted molar refractivity (Wildman–Crippen MR) is 82.3 cm³/mol. The molecule has 2 aromatic carbocycles. The van der Waals surface area contributed by atoms with E-state index < -0.39 is 11.9 Å². The Balaban J connectivity index is 1.96. The number of fused-ring (bicyclic) bond motifs is 1. The Labute approximate surface area is 122 Å². The third kappa shape index (κ3) is 2.52. The van der Waals surface area contributed by atoms with Crippen molar-refractivity contribution in [1.29, 1.82) is 0 Å². The van der Waals surface area contributed by atoms with E-state index in [1.165, 1.54) is 0 Å². The van der Waals surface area contributed by atoms with E-state index in [0.717, 1.165) is 33.5 Å². The maximum atomic E-state index is 11.0. The standard InChI is InChI=1S/C17H16N2O2/c1-10(17(20)21)12-3-5-13(6-4-12)14-7-8-15-16(9-14)19-11(2)18-15/h3-10H,1-2H3,(H,18,19)(H,20,21). The van der Waals surface area contributed by atoms with Crippen molar-refractivity contribution in [3.05, 3.63) is 53.9 Å². The predicted octanol–water partition coefficient (Wildman–Crippen LogP) is 3.73. The first-order chi connectivity index (χ1) is 10.0. The molecule has 0 spiro atoms. The first-order valence-corrected chi connectivity index (χ1v) is 6.84. The summed E-state index contributed by atoms with van der Waals surface area (Å²) in [4.78, 5) is 18.6. The summed E-state index contributed by atoms with van der Waals surface area (Å²) in [5.41, 5.74) is 4.91. The normalized spacial score (nSPS) is 12.5. The number of benzene rings is 2. The van der Waals surface area contributed by atoms with Crippen molar-refractivity contribution < 1.29 is 9.90 Å². The molecule has 3 aromatic rings. The van der Waals surface area contributed by atoms with Crippen LogP contribution < -0.4 is 0 Å². The molecular formula is C17H16N2O2. The molecule has 0 fully saturated rings. The van der Waals surface area contributed by atoms with Gasteiger partial charge in [0.2, 0.25) is 0 Å². The van der Waals surface area contributed by atoms with Crippen LogP contribution in [0.2, 0.25) is 0 Å². The Hall–Kier alpha value is -2.62. The van der Waals surface area contributed by atoms with Gasteiger partial charge in [-0.3, -0.25) is 4.79 Å². The number of aryl methyl sites for hydroxylation is 1. The summed E-state index contributed by atoms with van der Waals surface area (Å²) in [6.07, 6.45) is 0. The minimum atomic E-state index is -0.808. The van der Waals surface area contributed by atoms with Gasteiger partial charge in [0.15, 0.2) is 0 Å². The van der Waals surface area contributed by atoms with Crippen LogP contribution in [0.15, 0.2) is 42.5 Å². The van der Waals surface area contributed by atoms with Crippen molar-refractivity contribution in [3.63, 3.8) is 0 Å². The highest BCUT2D eigenvalue weighted by Gasteiger charge is 2.13. The van der Waals surface area contributed by atoms with Crippen LogP contribution in [0.1, 0.15) is 24.2 Å². The van der Waals surface area contributed by atoms with E-state index in [2.05, 4.69) is 16.0 Å². The van der Waals surface area contributed by atoms with Gasteiger partial charge in [-0.15, -0.1) is 0 Å². The van der Waals surface area contributed by atoms with E-state index in [9.17, 15) is 4.79 Å². The number of aliphatic carboxylic acids is 1. The number of carboxylic acid groups (broad SMARTS) is 1. The first-order valence-electron chi connectivity index (χ1n) is 6.84. The Bertz CT molecular complexity index is 803. The molecule has 1 aromatic heterocycles. The molecule has 2 N–H and O–H groups in total. The zero-order valence-electron chi connectivity index (χ0n) is 11.9. The SMILES string of the molecule is Cc1nc2ccc(-c3ccc(C(C)C(=O)O)cc3)cc2[nH]1. The van der Waals surface area contributed by atoms with Gasteiger partial charge in [0.25, 0.3) is 0 Å². The third-order valence-electron chi connectivity index (χ3n) is 3.71. The lowest BCUT2D eigenvalue weighted by Crippen LogP contribution is -2.06. The lowest BCUT2D eigenvalue weighted by molar-refractivity contribution is -0.138. The number of hydrogen-bond donors (Lipinski definition) is 2. The van der Waals surface area contributed by atoms with E-state index in [-0.39, 0.29) is 0 Å². The van der Waals surface area contributed by atoms with E-state index in [4.69, 9.17) is 5.11 Å². The summed E-state index contributed by atoms with van der Waals surface area (Å²) in [6, 6.07) is 13.7. The second-order valence-corrected chi connectivity index (χ2v) is 5.24. The molecule has 0 amide bonds. The van der Waals surface area contributed by atoms with Crippen molar-refractivity contribution in [2.24, 2.45) is 0 Å². The van der Waals surface area contributed by atoms with Crippen LogP contribution >= 0.6 is 0 Å². The highest BCUT2D eigenvalue weighted by atomic mass is 16.4. The quantitative estimate of drug-likeness (QED) is 0.768. The van der Waals surface area contributed by atoms with Gasteiger partial charge in [0, 0.05) is 0 Å². The molecule has 0 radical (unpaired) electrons. The highest BCUT2D eigenvalue weighted by molar-refractivity contribution is 5.82. The molecule has 0 saturated carbocycles. The molecule has 0 aliphatic carbocycles. The Kier molecular flexibility index (Phi) is 3.22. The molecule has 0 aliphatic heterocycles. The van der Waals surface area contributed by atoms with Crippen molar-refractivity contribution in [3.8, 4) is 11.1 Å². The van der Waals surface area contributed by atoms with E-state index in [1.807, 2.05) is 43.3 Å². The summed E-state index contributed by atoms with van der Waals surface area (Å²) < 4.78 is 0. The minimum Gasteiger partial charge on any atom is -0.481 e. The largest absolute Gasteiger partial charge is 0.481 e. The van der Waals surface area contributed by atoms with Crippen molar-refractivity contribution in [1.82, 2.24) is 9.97 Å². The maximum absolute atomic E-state index is 11.0. The van der Waals surface area contributed by atoms with E-state index in [0.29, 0.717) is 0 Å². The molecule has 0 aliphatic rings. The molecular weight excluding hydrogens is 264 g/mol. The van der Waals surface area contributed by atoms with Crippen molar-refractivity contribution in [2.45, 2.75) is 19.8 Å². The van der Waals surface area contributed by atoms with Crippen LogP contribution in [0.4, 0.5) is 0 Å². The second-order valence-electron chi connectivity index (χ2n) is 5.24. The lowest BCUT2D eigenvalue weighted by Gasteiger charge is -2.08. The highest BCUT2D eigenvalue weighted by Crippen LogP contribution is 2.25. The van der Waals surface area contributed by atoms with Crippen molar-refractivity contribution >= 4 is 17.0 Å². The molecule has 1 heterocycles. The van der Waals surface area contributed by atoms with Gasteiger partial charge in [-0.2, -0.15) is 0 Å². The number of rotatable bonds is 3. The van der Waals surface area contributed by atoms with Crippen LogP contribution in [0, 0.1) is 6.92 Å². The zero-order chi connectivity index (χ0) is 15.0. The summed E-state index contributed by atoms with van der Waals surface area (Å²) in [5.74, 6) is -0.401. The van der Waals surface area contributed by atoms with Crippen LogP contribution in [0.3, 0.4) is 0 Å². The Morgan fingerprint density at radius 2 is 1.81 bits per heavy atom. The number of carboxylic acids is 1. The van der Waals surface area contributed by atoms with E-state index in [1.54, 1.807) is 6.92 Å². The van der Waals surface area contributed by atoms with Gasteiger partial charge in [-0.05, 0) is 42.7 Å². The van der Waals surface area contributed by atoms with Gasteiger partial charge in [-0.25, -0.2) is 4.98 Å². The summed E-state index contributed by atoms with van der Waals surface area (Å²) >= 11 is 0. The zero-order valence-corrected chi connectivity index (χ0v) is 11.9. The number of nitrogens with one attached hydrogen (secondary N) is 1. The van der Waals surface area contributed by atoms with Gasteiger partial charge in [0.1, 0.15) is 5.82 Å². The summed E-state index contributed by atoms with van der Waals surface area (Å²) in [7, 11) is 0. The molecule has 1 unspecified atom stereocenters. The monoisotopic (exact) mass is 280 g/mol. The molecule has 4 heteroatoms. The summed E-state index contributed by atoms with van der Waals surface area (Å²) in [6.45, 7) is 3.62. The van der Waals surface area contributed by atoms with Crippen molar-refractivity contribution in [2.75, 3.05) is 0 Å². The first kappa shape index (κ1) is 13.4. The minimum absolute atomic E-state index is 0.489. The van der Waals surface area contributed by atoms with Crippen LogP contribution in [-0.2, 0) is 4.79 Å². The second kappa shape index (κ2) is 5.05. The summed E-state index contributed by atoms with van der Waals surface area (Å²) in [5, 5.41) is 9.03. The fourth-order valence-corrected chi connectivity index (χ4v) is 2.42. The van der Waals surface area contributed by atoms with Crippen LogP contribution in [0.5, 0.6) is 0 Å². The maximum Gasteiger partial charge on any atom is 0.310 e. The number of hydrogen-bond acceptors (Lipinski definition) is 2. The van der Waals surface area contributed by atoms with Gasteiger partial charge in [-0.1, -0.05) is 30.3 Å². The smallest absolute Gasteiger partial charge is 0.310 e. The molecule has 4 nitrogen and oxygen atoms in total. The number of carbonyl (C=O) groups is 1. The topological polar surface area (TPSA) is 66.0 Å². The molecule has 0 saturated heterocycles.